The van der Waals surface area contributed by atoms with Crippen LogP contribution in [0.25, 0.3) is 22.4 Å². The number of hydrogen-bond donors (Lipinski definition) is 1. The van der Waals surface area contributed by atoms with Gasteiger partial charge in [0.15, 0.2) is 0 Å². The molecule has 1 aliphatic rings. The summed E-state index contributed by atoms with van der Waals surface area (Å²) in [5.41, 5.74) is 4.36. The number of rotatable bonds is 5. The van der Waals surface area contributed by atoms with Crippen LogP contribution in [-0.2, 0) is 0 Å². The Balaban J connectivity index is 1.61. The molecule has 2 aromatic carbocycles. The third kappa shape index (κ3) is 3.91. The average Bonchev–Trinajstić information content (AvgIpc) is 3.56. The second kappa shape index (κ2) is 7.90. The van der Waals surface area contributed by atoms with Crippen LogP contribution in [0, 0.1) is 5.41 Å². The Hall–Kier alpha value is -3.47. The Bertz CT molecular complexity index is 1250. The third-order valence-electron chi connectivity index (χ3n) is 6.03. The number of carbonyl (C=O) groups excluding carboxylic acids is 1. The normalized spacial score (nSPS) is 15.0. The molecule has 5 rings (SSSR count). The molecule has 0 spiro atoms. The van der Waals surface area contributed by atoms with E-state index in [2.05, 4.69) is 43.4 Å². The first-order valence-electron chi connectivity index (χ1n) is 11.1. The van der Waals surface area contributed by atoms with Crippen LogP contribution in [0.3, 0.4) is 0 Å². The van der Waals surface area contributed by atoms with E-state index in [-0.39, 0.29) is 17.4 Å². The lowest BCUT2D eigenvalue weighted by molar-refractivity contribution is 0.0903. The van der Waals surface area contributed by atoms with E-state index in [0.717, 1.165) is 29.7 Å². The molecule has 5 heteroatoms. The number of pyridine rings is 1. The van der Waals surface area contributed by atoms with Gasteiger partial charge in [0.05, 0.1) is 17.0 Å². The SMILES string of the molecule is CC(C)(C)C(NC(=O)c1cc(C2CC2)nc2onc(-c3ccccc3)c12)c1ccccc1. The number of carbonyl (C=O) groups is 1. The van der Waals surface area contributed by atoms with Crippen molar-refractivity contribution in [1.29, 1.82) is 0 Å². The molecule has 5 nitrogen and oxygen atoms in total. The van der Waals surface area contributed by atoms with E-state index in [1.54, 1.807) is 0 Å². The van der Waals surface area contributed by atoms with Gasteiger partial charge >= 0.3 is 0 Å². The van der Waals surface area contributed by atoms with Crippen LogP contribution < -0.4 is 5.32 Å². The standard InChI is InChI=1S/C27H27N3O2/c1-27(2,3)24(19-12-8-5-9-13-19)29-25(31)20-16-21(17-14-15-17)28-26-22(20)23(30-32-26)18-10-6-4-7-11-18/h4-13,16-17,24H,14-15H2,1-3H3,(H,29,31). The first-order chi connectivity index (χ1) is 15.4. The lowest BCUT2D eigenvalue weighted by Crippen LogP contribution is -2.36. The maximum absolute atomic E-state index is 13.8. The Morgan fingerprint density at radius 1 is 1.03 bits per heavy atom. The number of amides is 1. The Kier molecular flexibility index (Phi) is 5.04. The highest BCUT2D eigenvalue weighted by Crippen LogP contribution is 2.41. The summed E-state index contributed by atoms with van der Waals surface area (Å²) in [6, 6.07) is 21.7. The fraction of sp³-hybridized carbons (Fsp3) is 0.296. The van der Waals surface area contributed by atoms with Gasteiger partial charge in [-0.1, -0.05) is 86.6 Å². The topological polar surface area (TPSA) is 68.0 Å². The zero-order valence-electron chi connectivity index (χ0n) is 18.6. The van der Waals surface area contributed by atoms with E-state index in [0.29, 0.717) is 28.3 Å². The van der Waals surface area contributed by atoms with E-state index in [1.807, 2.05) is 54.6 Å². The van der Waals surface area contributed by atoms with Gasteiger partial charge in [-0.3, -0.25) is 4.79 Å². The summed E-state index contributed by atoms with van der Waals surface area (Å²) in [5.74, 6) is 0.257. The molecule has 1 atom stereocenters. The van der Waals surface area contributed by atoms with Crippen LogP contribution >= 0.6 is 0 Å². The Morgan fingerprint density at radius 3 is 2.31 bits per heavy atom. The quantitative estimate of drug-likeness (QED) is 0.408. The van der Waals surface area contributed by atoms with Crippen LogP contribution in [0.2, 0.25) is 0 Å². The molecule has 0 bridgehead atoms. The predicted octanol–water partition coefficient (Wildman–Crippen LogP) is 6.28. The molecule has 1 saturated carbocycles. The van der Waals surface area contributed by atoms with Crippen LogP contribution in [0.4, 0.5) is 0 Å². The van der Waals surface area contributed by atoms with E-state index in [1.165, 1.54) is 0 Å². The van der Waals surface area contributed by atoms with Crippen molar-refractivity contribution in [3.63, 3.8) is 0 Å². The molecule has 2 heterocycles. The molecule has 162 valence electrons. The van der Waals surface area contributed by atoms with E-state index in [9.17, 15) is 4.79 Å². The Labute approximate surface area is 187 Å². The van der Waals surface area contributed by atoms with E-state index < -0.39 is 0 Å². The van der Waals surface area contributed by atoms with Gasteiger partial charge < -0.3 is 9.84 Å². The number of fused-ring (bicyclic) bond motifs is 1. The van der Waals surface area contributed by atoms with Gasteiger partial charge in [0.25, 0.3) is 11.6 Å². The predicted molar refractivity (Wildman–Crippen MR) is 125 cm³/mol. The zero-order valence-corrected chi connectivity index (χ0v) is 18.6. The van der Waals surface area contributed by atoms with Crippen molar-refractivity contribution in [2.24, 2.45) is 5.41 Å². The summed E-state index contributed by atoms with van der Waals surface area (Å²) < 4.78 is 5.63. The molecule has 1 unspecified atom stereocenters. The maximum atomic E-state index is 13.8. The molecule has 4 aromatic rings. The molecule has 1 N–H and O–H groups in total. The van der Waals surface area contributed by atoms with Crippen molar-refractivity contribution in [1.82, 2.24) is 15.5 Å². The minimum absolute atomic E-state index is 0.136. The van der Waals surface area contributed by atoms with Crippen molar-refractivity contribution < 1.29 is 9.32 Å². The van der Waals surface area contributed by atoms with Gasteiger partial charge in [-0.15, -0.1) is 0 Å². The fourth-order valence-electron chi connectivity index (χ4n) is 4.18. The van der Waals surface area contributed by atoms with Gasteiger partial charge in [0.1, 0.15) is 5.69 Å². The minimum Gasteiger partial charge on any atom is -0.345 e. The second-order valence-electron chi connectivity index (χ2n) is 9.63. The molecule has 0 aliphatic heterocycles. The molecule has 1 fully saturated rings. The van der Waals surface area contributed by atoms with Gasteiger partial charge in [-0.25, -0.2) is 4.98 Å². The van der Waals surface area contributed by atoms with E-state index >= 15 is 0 Å². The first-order valence-corrected chi connectivity index (χ1v) is 11.1. The van der Waals surface area contributed by atoms with Crippen molar-refractivity contribution in [3.05, 3.63) is 83.6 Å². The molecule has 0 radical (unpaired) electrons. The molecule has 0 saturated heterocycles. The molecule has 1 amide bonds. The van der Waals surface area contributed by atoms with Crippen LogP contribution in [0.5, 0.6) is 0 Å². The van der Waals surface area contributed by atoms with Gasteiger partial charge in [-0.05, 0) is 29.9 Å². The molecule has 2 aromatic heterocycles. The lowest BCUT2D eigenvalue weighted by atomic mass is 9.82. The highest BCUT2D eigenvalue weighted by molar-refractivity contribution is 6.09. The van der Waals surface area contributed by atoms with Gasteiger partial charge in [-0.2, -0.15) is 0 Å². The minimum atomic E-state index is -0.167. The van der Waals surface area contributed by atoms with Crippen LogP contribution in [0.1, 0.15) is 67.2 Å². The lowest BCUT2D eigenvalue weighted by Gasteiger charge is -2.32. The number of nitrogens with zero attached hydrogens (tertiary/aromatic N) is 2. The zero-order chi connectivity index (χ0) is 22.3. The Morgan fingerprint density at radius 2 is 1.69 bits per heavy atom. The first kappa shape index (κ1) is 20.4. The monoisotopic (exact) mass is 425 g/mol. The highest BCUT2D eigenvalue weighted by Gasteiger charge is 2.32. The summed E-state index contributed by atoms with van der Waals surface area (Å²) in [7, 11) is 0. The van der Waals surface area contributed by atoms with E-state index in [4.69, 9.17) is 9.51 Å². The van der Waals surface area contributed by atoms with Gasteiger partial charge in [0.2, 0.25) is 0 Å². The largest absolute Gasteiger partial charge is 0.345 e. The highest BCUT2D eigenvalue weighted by atomic mass is 16.5. The summed E-state index contributed by atoms with van der Waals surface area (Å²) in [4.78, 5) is 18.5. The third-order valence-corrected chi connectivity index (χ3v) is 6.03. The molecule has 32 heavy (non-hydrogen) atoms. The summed E-state index contributed by atoms with van der Waals surface area (Å²) >= 11 is 0. The average molecular weight is 426 g/mol. The molecule has 1 aliphatic carbocycles. The smallest absolute Gasteiger partial charge is 0.259 e. The summed E-state index contributed by atoms with van der Waals surface area (Å²) in [5, 5.41) is 8.26. The fourth-order valence-corrected chi connectivity index (χ4v) is 4.18. The molecular formula is C27H27N3O2. The molecular weight excluding hydrogens is 398 g/mol. The van der Waals surface area contributed by atoms with Crippen molar-refractivity contribution in [2.45, 2.75) is 45.6 Å². The summed E-state index contributed by atoms with van der Waals surface area (Å²) in [6.07, 6.45) is 2.18. The van der Waals surface area contributed by atoms with Crippen molar-refractivity contribution >= 4 is 17.0 Å². The second-order valence-corrected chi connectivity index (χ2v) is 9.63. The summed E-state index contributed by atoms with van der Waals surface area (Å²) in [6.45, 7) is 6.41. The van der Waals surface area contributed by atoms with Gasteiger partial charge in [0, 0.05) is 17.2 Å². The number of aromatic nitrogens is 2. The van der Waals surface area contributed by atoms with Crippen LogP contribution in [0.15, 0.2) is 71.3 Å². The number of benzene rings is 2. The number of hydrogen-bond acceptors (Lipinski definition) is 4. The number of nitrogens with one attached hydrogen (secondary N) is 1. The van der Waals surface area contributed by atoms with Crippen molar-refractivity contribution in [3.8, 4) is 11.3 Å². The van der Waals surface area contributed by atoms with Crippen LogP contribution in [-0.4, -0.2) is 16.0 Å². The maximum Gasteiger partial charge on any atom is 0.259 e. The van der Waals surface area contributed by atoms with Crippen molar-refractivity contribution in [2.75, 3.05) is 0 Å².